The van der Waals surface area contributed by atoms with Crippen LogP contribution in [0.15, 0.2) is 35.7 Å². The minimum atomic E-state index is -0.909. The van der Waals surface area contributed by atoms with E-state index in [4.69, 9.17) is 10.5 Å². The molecule has 2 amide bonds. The highest BCUT2D eigenvalue weighted by Crippen LogP contribution is 2.32. The molecule has 0 saturated carbocycles. The Labute approximate surface area is 161 Å². The molecule has 0 fully saturated rings. The second-order valence-electron chi connectivity index (χ2n) is 6.43. The minimum absolute atomic E-state index is 0.124. The Morgan fingerprint density at radius 1 is 1.36 bits per heavy atom. The quantitative estimate of drug-likeness (QED) is 0.783. The number of rotatable bonds is 5. The van der Waals surface area contributed by atoms with Crippen LogP contribution in [0.1, 0.15) is 36.5 Å². The Morgan fingerprint density at radius 3 is 2.79 bits per heavy atom. The molecule has 3 rings (SSSR count). The van der Waals surface area contributed by atoms with E-state index >= 15 is 0 Å². The van der Waals surface area contributed by atoms with E-state index in [9.17, 15) is 9.59 Å². The molecule has 2 aromatic rings. The Bertz CT molecular complexity index is 929. The van der Waals surface area contributed by atoms with Crippen molar-refractivity contribution in [3.05, 3.63) is 42.1 Å². The van der Waals surface area contributed by atoms with E-state index < -0.39 is 11.4 Å². The van der Waals surface area contributed by atoms with Crippen molar-refractivity contribution in [3.8, 4) is 5.88 Å². The first-order chi connectivity index (χ1) is 13.3. The summed E-state index contributed by atoms with van der Waals surface area (Å²) >= 11 is 0. The zero-order valence-electron chi connectivity index (χ0n) is 15.8. The van der Waals surface area contributed by atoms with Gasteiger partial charge in [-0.15, -0.1) is 0 Å². The summed E-state index contributed by atoms with van der Waals surface area (Å²) < 4.78 is 5.21. The fourth-order valence-corrected chi connectivity index (χ4v) is 2.71. The Kier molecular flexibility index (Phi) is 5.21. The number of amides is 2. The van der Waals surface area contributed by atoms with Crippen LogP contribution in [-0.4, -0.2) is 51.3 Å². The van der Waals surface area contributed by atoms with Gasteiger partial charge in [0.1, 0.15) is 11.2 Å². The second-order valence-corrected chi connectivity index (χ2v) is 6.43. The summed E-state index contributed by atoms with van der Waals surface area (Å²) in [5.74, 6) is -0.114. The fraction of sp³-hybridized carbons (Fsp3) is 0.333. The SMILES string of the molecule is CCOc1cnc(C(=O)Nc2ccnc(C3(C)CC(=O)N(C)C(N)=N3)c2)cn1. The lowest BCUT2D eigenvalue weighted by Crippen LogP contribution is -2.47. The topological polar surface area (TPSA) is 136 Å². The first-order valence-electron chi connectivity index (χ1n) is 8.67. The van der Waals surface area contributed by atoms with E-state index in [1.807, 2.05) is 6.92 Å². The Hall–Kier alpha value is -3.56. The molecule has 3 heterocycles. The summed E-state index contributed by atoms with van der Waals surface area (Å²) in [6.45, 7) is 4.07. The van der Waals surface area contributed by atoms with Crippen molar-refractivity contribution in [1.82, 2.24) is 19.9 Å². The van der Waals surface area contributed by atoms with Gasteiger partial charge in [-0.05, 0) is 26.0 Å². The van der Waals surface area contributed by atoms with Crippen molar-refractivity contribution in [2.24, 2.45) is 10.7 Å². The van der Waals surface area contributed by atoms with Gasteiger partial charge in [0.25, 0.3) is 5.91 Å². The number of carbonyl (C=O) groups excluding carboxylic acids is 2. The molecule has 0 bridgehead atoms. The molecule has 0 radical (unpaired) electrons. The summed E-state index contributed by atoms with van der Waals surface area (Å²) in [7, 11) is 1.57. The summed E-state index contributed by atoms with van der Waals surface area (Å²) in [5, 5.41) is 2.74. The highest BCUT2D eigenvalue weighted by Gasteiger charge is 2.37. The van der Waals surface area contributed by atoms with E-state index in [2.05, 4.69) is 25.3 Å². The molecule has 2 aromatic heterocycles. The van der Waals surface area contributed by atoms with Gasteiger partial charge in [0.05, 0.1) is 31.1 Å². The lowest BCUT2D eigenvalue weighted by molar-refractivity contribution is -0.128. The number of carbonyl (C=O) groups is 2. The maximum atomic E-state index is 12.4. The molecule has 1 atom stereocenters. The van der Waals surface area contributed by atoms with E-state index in [0.717, 1.165) is 0 Å². The van der Waals surface area contributed by atoms with Crippen molar-refractivity contribution >= 4 is 23.5 Å². The zero-order chi connectivity index (χ0) is 20.3. The van der Waals surface area contributed by atoms with Crippen LogP contribution < -0.4 is 15.8 Å². The van der Waals surface area contributed by atoms with Crippen LogP contribution >= 0.6 is 0 Å². The Balaban J connectivity index is 1.80. The van der Waals surface area contributed by atoms with Gasteiger partial charge in [-0.3, -0.25) is 19.5 Å². The van der Waals surface area contributed by atoms with Crippen molar-refractivity contribution < 1.29 is 14.3 Å². The molecule has 3 N–H and O–H groups in total. The molecule has 0 saturated heterocycles. The van der Waals surface area contributed by atoms with E-state index in [0.29, 0.717) is 23.9 Å². The number of aliphatic imine (C=N–C) groups is 1. The van der Waals surface area contributed by atoms with Gasteiger partial charge >= 0.3 is 0 Å². The molecule has 146 valence electrons. The van der Waals surface area contributed by atoms with Gasteiger partial charge < -0.3 is 15.8 Å². The number of hydrogen-bond acceptors (Lipinski definition) is 8. The monoisotopic (exact) mass is 383 g/mol. The standard InChI is InChI=1S/C18H21N7O3/c1-4-28-14-10-21-12(9-22-14)16(27)23-11-5-6-20-13(7-11)18(2)8-15(26)25(3)17(19)24-18/h5-7,9-10H,4,8H2,1-3H3,(H2,19,24)(H,20,23,27). The smallest absolute Gasteiger partial charge is 0.275 e. The van der Waals surface area contributed by atoms with Crippen LogP contribution in [0, 0.1) is 0 Å². The predicted molar refractivity (Wildman–Crippen MR) is 102 cm³/mol. The third kappa shape index (κ3) is 3.90. The second kappa shape index (κ2) is 7.59. The van der Waals surface area contributed by atoms with Crippen molar-refractivity contribution in [2.45, 2.75) is 25.8 Å². The number of anilines is 1. The number of pyridine rings is 1. The molecule has 10 nitrogen and oxygen atoms in total. The van der Waals surface area contributed by atoms with Gasteiger partial charge in [0.15, 0.2) is 5.96 Å². The molecular formula is C18H21N7O3. The molecule has 1 unspecified atom stereocenters. The van der Waals surface area contributed by atoms with E-state index in [1.54, 1.807) is 26.1 Å². The average Bonchev–Trinajstić information content (AvgIpc) is 2.67. The average molecular weight is 383 g/mol. The minimum Gasteiger partial charge on any atom is -0.477 e. The van der Waals surface area contributed by atoms with Crippen LogP contribution in [0.5, 0.6) is 5.88 Å². The molecule has 1 aliphatic heterocycles. The number of guanidine groups is 1. The Morgan fingerprint density at radius 2 is 2.14 bits per heavy atom. The largest absolute Gasteiger partial charge is 0.477 e. The first-order valence-corrected chi connectivity index (χ1v) is 8.67. The highest BCUT2D eigenvalue weighted by atomic mass is 16.5. The summed E-state index contributed by atoms with van der Waals surface area (Å²) in [5.41, 5.74) is 6.09. The molecule has 1 aliphatic rings. The number of ether oxygens (including phenoxy) is 1. The molecule has 0 aromatic carbocycles. The van der Waals surface area contributed by atoms with Crippen LogP contribution in [0.4, 0.5) is 5.69 Å². The maximum absolute atomic E-state index is 12.4. The number of hydrogen-bond donors (Lipinski definition) is 2. The maximum Gasteiger partial charge on any atom is 0.275 e. The van der Waals surface area contributed by atoms with Crippen LogP contribution in [0.25, 0.3) is 0 Å². The van der Waals surface area contributed by atoms with Crippen LogP contribution in [0.3, 0.4) is 0 Å². The highest BCUT2D eigenvalue weighted by molar-refractivity contribution is 6.02. The first kappa shape index (κ1) is 19.2. The van der Waals surface area contributed by atoms with Crippen molar-refractivity contribution in [2.75, 3.05) is 19.0 Å². The van der Waals surface area contributed by atoms with Gasteiger partial charge in [-0.2, -0.15) is 0 Å². The lowest BCUT2D eigenvalue weighted by atomic mass is 9.91. The zero-order valence-corrected chi connectivity index (χ0v) is 15.8. The van der Waals surface area contributed by atoms with E-state index in [-0.39, 0.29) is 24.0 Å². The third-order valence-electron chi connectivity index (χ3n) is 4.30. The molecule has 0 spiro atoms. The summed E-state index contributed by atoms with van der Waals surface area (Å²) in [6, 6.07) is 3.30. The van der Waals surface area contributed by atoms with E-state index in [1.165, 1.54) is 23.5 Å². The summed E-state index contributed by atoms with van der Waals surface area (Å²) in [6.07, 6.45) is 4.39. The van der Waals surface area contributed by atoms with Gasteiger partial charge in [-0.25, -0.2) is 15.0 Å². The van der Waals surface area contributed by atoms with Gasteiger partial charge in [0.2, 0.25) is 11.8 Å². The lowest BCUT2D eigenvalue weighted by Gasteiger charge is -2.32. The number of nitrogens with one attached hydrogen (secondary N) is 1. The molecule has 10 heteroatoms. The molecule has 28 heavy (non-hydrogen) atoms. The van der Waals surface area contributed by atoms with Crippen molar-refractivity contribution in [3.63, 3.8) is 0 Å². The number of nitrogens with zero attached hydrogens (tertiary/aromatic N) is 5. The van der Waals surface area contributed by atoms with Crippen molar-refractivity contribution in [1.29, 1.82) is 0 Å². The van der Waals surface area contributed by atoms with Crippen LogP contribution in [0.2, 0.25) is 0 Å². The van der Waals surface area contributed by atoms with Gasteiger partial charge in [0, 0.05) is 18.9 Å². The predicted octanol–water partition coefficient (Wildman–Crippen LogP) is 0.915. The fourth-order valence-electron chi connectivity index (χ4n) is 2.71. The normalized spacial score (nSPS) is 19.2. The number of aromatic nitrogens is 3. The van der Waals surface area contributed by atoms with Crippen LogP contribution in [-0.2, 0) is 10.3 Å². The number of nitrogens with two attached hydrogens (primary N) is 1. The third-order valence-corrected chi connectivity index (χ3v) is 4.30. The molecule has 0 aliphatic carbocycles. The molecular weight excluding hydrogens is 362 g/mol. The summed E-state index contributed by atoms with van der Waals surface area (Å²) in [4.78, 5) is 42.7. The van der Waals surface area contributed by atoms with Gasteiger partial charge in [-0.1, -0.05) is 0 Å².